The lowest BCUT2D eigenvalue weighted by Crippen LogP contribution is -2.29. The largest absolute Gasteiger partial charge is 0.478 e. The van der Waals surface area contributed by atoms with Crippen LogP contribution in [0.25, 0.3) is 0 Å². The van der Waals surface area contributed by atoms with E-state index in [1.807, 2.05) is 27.7 Å². The normalized spacial score (nSPS) is 15.6. The predicted molar refractivity (Wildman–Crippen MR) is 115 cm³/mol. The number of rotatable bonds is 6. The van der Waals surface area contributed by atoms with Gasteiger partial charge in [-0.3, -0.25) is 9.52 Å². The molecule has 30 heavy (non-hydrogen) atoms. The van der Waals surface area contributed by atoms with Crippen molar-refractivity contribution in [2.45, 2.75) is 65.7 Å². The summed E-state index contributed by atoms with van der Waals surface area (Å²) in [6, 6.07) is 1.92. The van der Waals surface area contributed by atoms with Gasteiger partial charge in [-0.15, -0.1) is 0 Å². The maximum atomic E-state index is 14.1. The van der Waals surface area contributed by atoms with E-state index in [0.29, 0.717) is 19.3 Å². The zero-order valence-corrected chi connectivity index (χ0v) is 18.7. The highest BCUT2D eigenvalue weighted by Crippen LogP contribution is 2.27. The van der Waals surface area contributed by atoms with E-state index in [1.165, 1.54) is 13.0 Å². The summed E-state index contributed by atoms with van der Waals surface area (Å²) in [6.45, 7) is 8.88. The van der Waals surface area contributed by atoms with Crippen molar-refractivity contribution in [3.63, 3.8) is 0 Å². The van der Waals surface area contributed by atoms with Crippen molar-refractivity contribution >= 4 is 28.6 Å². The molecule has 0 radical (unpaired) electrons. The van der Waals surface area contributed by atoms with Crippen molar-refractivity contribution in [2.24, 2.45) is 0 Å². The number of benzene rings is 1. The number of allylic oxidation sites excluding steroid dienone is 1. The maximum absolute atomic E-state index is 14.1. The van der Waals surface area contributed by atoms with E-state index in [0.717, 1.165) is 12.1 Å². The molecule has 0 spiro atoms. The van der Waals surface area contributed by atoms with E-state index >= 15 is 0 Å². The van der Waals surface area contributed by atoms with Gasteiger partial charge in [-0.2, -0.15) is 0 Å². The molecule has 2 rings (SSSR count). The molecule has 7 nitrogen and oxygen atoms in total. The number of carboxylic acids is 1. The third-order valence-corrected chi connectivity index (χ3v) is 5.05. The van der Waals surface area contributed by atoms with Crippen molar-refractivity contribution < 1.29 is 39.3 Å². The van der Waals surface area contributed by atoms with E-state index in [2.05, 4.69) is 9.46 Å². The van der Waals surface area contributed by atoms with Crippen molar-refractivity contribution in [2.75, 3.05) is 4.72 Å². The first-order valence-electron chi connectivity index (χ1n) is 9.51. The van der Waals surface area contributed by atoms with E-state index in [1.54, 1.807) is 0 Å². The van der Waals surface area contributed by atoms with Crippen molar-refractivity contribution in [1.82, 2.24) is 0 Å². The minimum atomic E-state index is -2.01. The summed E-state index contributed by atoms with van der Waals surface area (Å²) in [6.07, 6.45) is 3.01. The average molecular weight is 454 g/mol. The van der Waals surface area contributed by atoms with Gasteiger partial charge >= 0.3 is 11.9 Å². The molecular weight excluding hydrogens is 420 g/mol. The number of hydrogen-bond donors (Lipinski definition) is 2. The third-order valence-electron chi connectivity index (χ3n) is 3.63. The highest BCUT2D eigenvalue weighted by atomic mass is 32.2. The molecule has 0 saturated carbocycles. The van der Waals surface area contributed by atoms with Gasteiger partial charge in [-0.1, -0.05) is 33.8 Å². The molecule has 4 N–H and O–H groups in total. The van der Waals surface area contributed by atoms with E-state index in [4.69, 9.17) is 5.11 Å². The Morgan fingerprint density at radius 3 is 2.23 bits per heavy atom. The van der Waals surface area contributed by atoms with E-state index in [-0.39, 0.29) is 24.6 Å². The van der Waals surface area contributed by atoms with Crippen LogP contribution in [-0.4, -0.2) is 32.0 Å². The fourth-order valence-corrected chi connectivity index (χ4v) is 3.81. The molecule has 0 amide bonds. The maximum Gasteiger partial charge on any atom is 0.332 e. The number of nitrogens with one attached hydrogen (secondary N) is 1. The molecule has 2 atom stereocenters. The summed E-state index contributed by atoms with van der Waals surface area (Å²) < 4.78 is 47.5. The summed E-state index contributed by atoms with van der Waals surface area (Å²) in [5.74, 6) is -3.80. The van der Waals surface area contributed by atoms with Crippen LogP contribution in [0.15, 0.2) is 23.8 Å². The number of carbonyl (C=O) groups excluding carboxylic acids is 1. The van der Waals surface area contributed by atoms with Crippen LogP contribution in [0.1, 0.15) is 60.9 Å². The molecule has 0 saturated heterocycles. The molecule has 0 fully saturated rings. The number of esters is 1. The summed E-state index contributed by atoms with van der Waals surface area (Å²) in [4.78, 5) is 22.0. The van der Waals surface area contributed by atoms with Crippen LogP contribution in [-0.2, 0) is 31.9 Å². The highest BCUT2D eigenvalue weighted by molar-refractivity contribution is 7.87. The molecular formula is C20H33F2NO6S. The Morgan fingerprint density at radius 2 is 1.77 bits per heavy atom. The highest BCUT2D eigenvalue weighted by Gasteiger charge is 2.29. The van der Waals surface area contributed by atoms with Gasteiger partial charge in [0.2, 0.25) is 0 Å². The lowest BCUT2D eigenvalue weighted by atomic mass is 9.99. The molecule has 1 aliphatic rings. The molecule has 0 bridgehead atoms. The molecule has 1 aromatic rings. The van der Waals surface area contributed by atoms with Gasteiger partial charge in [0.1, 0.15) is 23.3 Å². The first-order chi connectivity index (χ1) is 13.8. The van der Waals surface area contributed by atoms with Crippen LogP contribution in [0, 0.1) is 11.6 Å². The van der Waals surface area contributed by atoms with Gasteiger partial charge in [0.25, 0.3) is 0 Å². The minimum Gasteiger partial charge on any atom is -0.478 e. The van der Waals surface area contributed by atoms with Gasteiger partial charge in [0, 0.05) is 8.35 Å². The smallest absolute Gasteiger partial charge is 0.332 e. The third kappa shape index (κ3) is 9.00. The van der Waals surface area contributed by atoms with Gasteiger partial charge in [-0.25, -0.2) is 17.8 Å². The second-order valence-electron chi connectivity index (χ2n) is 5.50. The predicted octanol–water partition coefficient (Wildman–Crippen LogP) is 4.14. The standard InChI is InChI=1S/C16H17F2NO5S.2C2H6.H2O.H2/c1-9(20)24-8-10-6-12(17)15(13(18)7-10)19-25(23)14-5-3-2-4-11(14)16(21)22;2*1-2;;/h4,6-7,14,19H,2-3,5,8H2,1H3,(H,21,22);2*1-2H3;1H2;1H. The first kappa shape index (κ1) is 29.9. The summed E-state index contributed by atoms with van der Waals surface area (Å²) in [5.41, 5.74) is -0.532. The number of hydrogen-bond acceptors (Lipinski definition) is 4. The van der Waals surface area contributed by atoms with Gasteiger partial charge in [0.05, 0.1) is 10.8 Å². The second kappa shape index (κ2) is 15.5. The van der Waals surface area contributed by atoms with Gasteiger partial charge in [-0.05, 0) is 37.0 Å². The fourth-order valence-electron chi connectivity index (χ4n) is 2.46. The zero-order valence-electron chi connectivity index (χ0n) is 17.9. The molecule has 0 aromatic heterocycles. The number of carboxylic acid groups (broad SMARTS) is 1. The summed E-state index contributed by atoms with van der Waals surface area (Å²) in [7, 11) is -2.01. The SMILES string of the molecule is CC.CC.CC(=O)OCc1cc(F)c(NS(=O)C2CCCC=C2C(=O)O)c(F)c1.O.[HH]. The lowest BCUT2D eigenvalue weighted by molar-refractivity contribution is -0.142. The van der Waals surface area contributed by atoms with Crippen LogP contribution in [0.2, 0.25) is 0 Å². The summed E-state index contributed by atoms with van der Waals surface area (Å²) >= 11 is 0. The van der Waals surface area contributed by atoms with Crippen molar-refractivity contribution in [3.8, 4) is 0 Å². The number of halogens is 2. The Kier molecular flexibility index (Phi) is 15.4. The van der Waals surface area contributed by atoms with Crippen LogP contribution in [0.3, 0.4) is 0 Å². The quantitative estimate of drug-likeness (QED) is 0.627. The van der Waals surface area contributed by atoms with Crippen LogP contribution in [0.5, 0.6) is 0 Å². The Labute approximate surface area is 179 Å². The fraction of sp³-hybridized carbons (Fsp3) is 0.500. The summed E-state index contributed by atoms with van der Waals surface area (Å²) in [5, 5.41) is 8.30. The second-order valence-corrected chi connectivity index (χ2v) is 6.87. The minimum absolute atomic E-state index is 0. The molecule has 10 heteroatoms. The van der Waals surface area contributed by atoms with Crippen LogP contribution < -0.4 is 4.72 Å². The molecule has 0 heterocycles. The Balaban J connectivity index is -0.00000123. The molecule has 1 aliphatic carbocycles. The lowest BCUT2D eigenvalue weighted by Gasteiger charge is -2.22. The number of ether oxygens (including phenoxy) is 1. The van der Waals surface area contributed by atoms with E-state index in [9.17, 15) is 22.6 Å². The molecule has 1 aromatic carbocycles. The monoisotopic (exact) mass is 453 g/mol. The van der Waals surface area contributed by atoms with Gasteiger partial charge in [0.15, 0.2) is 11.6 Å². The number of anilines is 1. The number of carbonyl (C=O) groups is 2. The molecule has 174 valence electrons. The topological polar surface area (TPSA) is 124 Å². The number of aliphatic carboxylic acids is 1. The zero-order chi connectivity index (χ0) is 22.6. The molecule has 2 unspecified atom stereocenters. The Morgan fingerprint density at radius 1 is 1.23 bits per heavy atom. The average Bonchev–Trinajstić information content (AvgIpc) is 2.72. The van der Waals surface area contributed by atoms with Gasteiger partial charge < -0.3 is 15.3 Å². The van der Waals surface area contributed by atoms with Crippen molar-refractivity contribution in [3.05, 3.63) is 41.0 Å². The van der Waals surface area contributed by atoms with Crippen LogP contribution >= 0.6 is 0 Å². The first-order valence-corrected chi connectivity index (χ1v) is 10.7. The van der Waals surface area contributed by atoms with Crippen LogP contribution in [0.4, 0.5) is 14.5 Å². The Bertz CT molecular complexity index is 738. The van der Waals surface area contributed by atoms with Crippen molar-refractivity contribution in [1.29, 1.82) is 0 Å². The molecule has 0 aliphatic heterocycles. The van der Waals surface area contributed by atoms with E-state index < -0.39 is 45.5 Å². The Hall–Kier alpha value is -2.33.